The summed E-state index contributed by atoms with van der Waals surface area (Å²) in [6, 6.07) is 0.248. The highest BCUT2D eigenvalue weighted by molar-refractivity contribution is 5.69. The molecule has 4 heterocycles. The van der Waals surface area contributed by atoms with Crippen LogP contribution in [-0.2, 0) is 10.9 Å². The van der Waals surface area contributed by atoms with E-state index in [0.29, 0.717) is 37.3 Å². The van der Waals surface area contributed by atoms with E-state index in [4.69, 9.17) is 4.74 Å². The number of ether oxygens (including phenoxy) is 1. The van der Waals surface area contributed by atoms with E-state index < -0.39 is 23.4 Å². The average Bonchev–Trinajstić information content (AvgIpc) is 3.37. The minimum atomic E-state index is -4.61. The van der Waals surface area contributed by atoms with Gasteiger partial charge in [-0.05, 0) is 47.2 Å². The molecular weight excluding hydrogens is 477 g/mol. The number of rotatable bonds is 8. The van der Waals surface area contributed by atoms with E-state index in [2.05, 4.69) is 37.6 Å². The van der Waals surface area contributed by atoms with Gasteiger partial charge in [-0.1, -0.05) is 0 Å². The number of anilines is 3. The van der Waals surface area contributed by atoms with Gasteiger partial charge in [0.15, 0.2) is 0 Å². The number of cyclic esters (lactones) is 1. The first-order valence-electron chi connectivity index (χ1n) is 12.1. The molecule has 1 amide bonds. The number of hydrogen-bond acceptors (Lipinski definition) is 8. The smallest absolute Gasteiger partial charge is 0.421 e. The molecule has 0 aromatic carbocycles. The van der Waals surface area contributed by atoms with Gasteiger partial charge < -0.3 is 25.2 Å². The van der Waals surface area contributed by atoms with E-state index in [0.717, 1.165) is 25.7 Å². The summed E-state index contributed by atoms with van der Waals surface area (Å²) in [7, 11) is 2.05. The van der Waals surface area contributed by atoms with Crippen molar-refractivity contribution in [2.45, 2.75) is 57.9 Å². The topological polar surface area (TPSA) is 100 Å². The molecule has 198 valence electrons. The Morgan fingerprint density at radius 1 is 1.28 bits per heavy atom. The molecule has 2 aromatic heterocycles. The van der Waals surface area contributed by atoms with Gasteiger partial charge >= 0.3 is 12.3 Å². The number of nitrogens with one attached hydrogen (secondary N) is 2. The van der Waals surface area contributed by atoms with Crippen LogP contribution in [-0.4, -0.2) is 81.0 Å². The zero-order chi connectivity index (χ0) is 26.1. The summed E-state index contributed by atoms with van der Waals surface area (Å²) in [5.41, 5.74) is -0.102. The maximum atomic E-state index is 13.6. The van der Waals surface area contributed by atoms with Crippen molar-refractivity contribution >= 4 is 23.5 Å². The number of halogens is 3. The lowest BCUT2D eigenvalue weighted by atomic mass is 10.0. The first-order valence-corrected chi connectivity index (χ1v) is 12.1. The largest absolute Gasteiger partial charge is 0.443 e. The van der Waals surface area contributed by atoms with Gasteiger partial charge in [0.05, 0.1) is 17.4 Å². The lowest BCUT2D eigenvalue weighted by Crippen LogP contribution is -2.47. The van der Waals surface area contributed by atoms with Crippen LogP contribution in [0.3, 0.4) is 0 Å². The molecule has 36 heavy (non-hydrogen) atoms. The maximum absolute atomic E-state index is 13.6. The molecule has 0 bridgehead atoms. The maximum Gasteiger partial charge on any atom is 0.421 e. The number of aryl methyl sites for hydroxylation is 1. The average molecular weight is 511 g/mol. The Hall–Kier alpha value is -3.09. The highest BCUT2D eigenvalue weighted by Gasteiger charge is 2.36. The van der Waals surface area contributed by atoms with Crippen LogP contribution < -0.4 is 10.6 Å². The van der Waals surface area contributed by atoms with Crippen molar-refractivity contribution < 1.29 is 22.7 Å². The molecule has 2 fully saturated rings. The van der Waals surface area contributed by atoms with Crippen molar-refractivity contribution in [1.82, 2.24) is 29.5 Å². The number of likely N-dealkylation sites (tertiary alicyclic amines) is 1. The van der Waals surface area contributed by atoms with Crippen molar-refractivity contribution in [3.63, 3.8) is 0 Å². The molecule has 2 N–H and O–H groups in total. The van der Waals surface area contributed by atoms with Gasteiger partial charge in [0.25, 0.3) is 0 Å². The predicted molar refractivity (Wildman–Crippen MR) is 128 cm³/mol. The Labute approximate surface area is 208 Å². The molecule has 0 aliphatic carbocycles. The van der Waals surface area contributed by atoms with Gasteiger partial charge in [0.1, 0.15) is 17.0 Å². The van der Waals surface area contributed by atoms with Crippen LogP contribution in [0.2, 0.25) is 0 Å². The van der Waals surface area contributed by atoms with Crippen LogP contribution >= 0.6 is 0 Å². The second-order valence-corrected chi connectivity index (χ2v) is 10.0. The van der Waals surface area contributed by atoms with Crippen LogP contribution in [0.15, 0.2) is 12.4 Å². The summed E-state index contributed by atoms with van der Waals surface area (Å²) < 4.78 is 48.0. The number of carbonyl (C=O) groups is 1. The molecule has 0 saturated carbocycles. The Kier molecular flexibility index (Phi) is 7.30. The second-order valence-electron chi connectivity index (χ2n) is 10.0. The Morgan fingerprint density at radius 2 is 2.06 bits per heavy atom. The van der Waals surface area contributed by atoms with Gasteiger partial charge in [-0.25, -0.2) is 9.78 Å². The summed E-state index contributed by atoms with van der Waals surface area (Å²) in [6.45, 7) is 8.51. The highest BCUT2D eigenvalue weighted by Crippen LogP contribution is 2.34. The number of amides is 1. The van der Waals surface area contributed by atoms with Crippen molar-refractivity contribution in [2.24, 2.45) is 0 Å². The fraction of sp³-hybridized carbons (Fsp3) is 0.652. The summed E-state index contributed by atoms with van der Waals surface area (Å²) in [6.07, 6.45) is -0.302. The first kappa shape index (κ1) is 26.0. The minimum absolute atomic E-state index is 0.0403. The molecule has 2 saturated heterocycles. The molecule has 1 unspecified atom stereocenters. The summed E-state index contributed by atoms with van der Waals surface area (Å²) in [5.74, 6) is -0.275. The van der Waals surface area contributed by atoms with Crippen molar-refractivity contribution in [2.75, 3.05) is 50.4 Å². The molecule has 0 spiro atoms. The Balaban J connectivity index is 1.40. The molecule has 1 atom stereocenters. The van der Waals surface area contributed by atoms with Gasteiger partial charge in [-0.3, -0.25) is 4.68 Å². The molecule has 13 heteroatoms. The van der Waals surface area contributed by atoms with E-state index in [-0.39, 0.29) is 24.4 Å². The van der Waals surface area contributed by atoms with Gasteiger partial charge in [0.2, 0.25) is 5.95 Å². The van der Waals surface area contributed by atoms with Crippen LogP contribution in [0, 0.1) is 6.92 Å². The number of hydrogen-bond donors (Lipinski definition) is 2. The quantitative estimate of drug-likeness (QED) is 0.514. The highest BCUT2D eigenvalue weighted by atomic mass is 19.4. The number of alkyl halides is 3. The van der Waals surface area contributed by atoms with Crippen LogP contribution in [0.25, 0.3) is 0 Å². The van der Waals surface area contributed by atoms with Crippen LogP contribution in [0.4, 0.5) is 35.4 Å². The number of likely N-dealkylation sites (N-methyl/N-ethyl adjacent to an activating group) is 1. The molecular formula is C23H33F3N8O2. The van der Waals surface area contributed by atoms with E-state index in [1.165, 1.54) is 0 Å². The number of carbonyl (C=O) groups excluding carboxylic acids is 1. The Morgan fingerprint density at radius 3 is 2.72 bits per heavy atom. The lowest BCUT2D eigenvalue weighted by Gasteiger charge is -2.36. The standard InChI is InChI=1S/C23H33F3N8O2/c1-15-18(14-34(31-15)16-6-10-32(4)13-16)29-20-28-12-17(23(24,25)26)19(30-20)27-8-5-9-33-11-7-22(2,3)36-21(33)35/h12,14,16H,5-11,13H2,1-4H3,(H2,27,28,29,30). The van der Waals surface area contributed by atoms with Gasteiger partial charge in [-0.2, -0.15) is 23.3 Å². The fourth-order valence-electron chi connectivity index (χ4n) is 4.35. The zero-order valence-electron chi connectivity index (χ0n) is 21.0. The monoisotopic (exact) mass is 510 g/mol. The predicted octanol–water partition coefficient (Wildman–Crippen LogP) is 4.04. The third-order valence-corrected chi connectivity index (χ3v) is 6.50. The number of aromatic nitrogens is 4. The van der Waals surface area contributed by atoms with E-state index in [1.807, 2.05) is 31.6 Å². The summed E-state index contributed by atoms with van der Waals surface area (Å²) in [5, 5.41) is 10.3. The SMILES string of the molecule is Cc1nn(C2CCN(C)C2)cc1Nc1ncc(C(F)(F)F)c(NCCCN2CCC(C)(C)OC2=O)n1. The first-order chi connectivity index (χ1) is 16.9. The lowest BCUT2D eigenvalue weighted by molar-refractivity contribution is -0.137. The fourth-order valence-corrected chi connectivity index (χ4v) is 4.35. The molecule has 4 rings (SSSR count). The molecule has 2 aromatic rings. The number of nitrogens with zero attached hydrogens (tertiary/aromatic N) is 6. The van der Waals surface area contributed by atoms with Crippen molar-refractivity contribution in [3.8, 4) is 0 Å². The third-order valence-electron chi connectivity index (χ3n) is 6.50. The van der Waals surface area contributed by atoms with Gasteiger partial charge in [0, 0.05) is 45.0 Å². The Bertz CT molecular complexity index is 1090. The van der Waals surface area contributed by atoms with Crippen LogP contribution in [0.1, 0.15) is 50.4 Å². The normalized spacial score (nSPS) is 20.5. The van der Waals surface area contributed by atoms with E-state index in [1.54, 1.807) is 4.90 Å². The van der Waals surface area contributed by atoms with Crippen LogP contribution in [0.5, 0.6) is 0 Å². The summed E-state index contributed by atoms with van der Waals surface area (Å²) >= 11 is 0. The van der Waals surface area contributed by atoms with Gasteiger partial charge in [-0.15, -0.1) is 0 Å². The molecule has 10 nitrogen and oxygen atoms in total. The molecule has 0 radical (unpaired) electrons. The minimum Gasteiger partial charge on any atom is -0.443 e. The third kappa shape index (κ3) is 6.18. The zero-order valence-corrected chi connectivity index (χ0v) is 21.0. The molecule has 2 aliphatic rings. The van der Waals surface area contributed by atoms with Crippen molar-refractivity contribution in [1.29, 1.82) is 0 Å². The van der Waals surface area contributed by atoms with Crippen molar-refractivity contribution in [3.05, 3.63) is 23.7 Å². The second kappa shape index (κ2) is 10.1. The summed E-state index contributed by atoms with van der Waals surface area (Å²) in [4.78, 5) is 23.9. The van der Waals surface area contributed by atoms with E-state index >= 15 is 0 Å². The molecule has 2 aliphatic heterocycles. The van der Waals surface area contributed by atoms with E-state index in [9.17, 15) is 18.0 Å².